The van der Waals surface area contributed by atoms with Crippen LogP contribution in [-0.2, 0) is 0 Å². The molecule has 0 spiro atoms. The van der Waals surface area contributed by atoms with Crippen molar-refractivity contribution in [3.63, 3.8) is 0 Å². The molecule has 1 N–H and O–H groups in total. The highest BCUT2D eigenvalue weighted by atomic mass is 16.6. The molecule has 11 nitrogen and oxygen atoms in total. The summed E-state index contributed by atoms with van der Waals surface area (Å²) in [6.07, 6.45) is 2.74. The summed E-state index contributed by atoms with van der Waals surface area (Å²) in [7, 11) is 0. The van der Waals surface area contributed by atoms with Gasteiger partial charge in [0.1, 0.15) is 0 Å². The molecule has 1 fully saturated rings. The Morgan fingerprint density at radius 1 is 0.871 bits per heavy atom. The molecular formula is C20H24N4O7. The summed E-state index contributed by atoms with van der Waals surface area (Å²) in [6, 6.07) is 12.5. The van der Waals surface area contributed by atoms with Gasteiger partial charge in [0, 0.05) is 6.04 Å². The van der Waals surface area contributed by atoms with Gasteiger partial charge in [0.2, 0.25) is 0 Å². The molecule has 0 amide bonds. The van der Waals surface area contributed by atoms with E-state index in [1.807, 2.05) is 0 Å². The lowest BCUT2D eigenvalue weighted by Gasteiger charge is -2.31. The van der Waals surface area contributed by atoms with Gasteiger partial charge < -0.3 is 5.11 Å². The van der Waals surface area contributed by atoms with Crippen LogP contribution >= 0.6 is 0 Å². The number of phenolic OH excluding ortho intramolecular Hbond substituents is 1. The summed E-state index contributed by atoms with van der Waals surface area (Å²) in [5.41, 5.74) is -1.52. The third kappa shape index (κ3) is 5.95. The number of rotatable bonds is 6. The molecule has 3 rings (SSSR count). The second-order valence-electron chi connectivity index (χ2n) is 7.45. The third-order valence-electron chi connectivity index (χ3n) is 4.97. The van der Waals surface area contributed by atoms with Crippen LogP contribution in [0.15, 0.2) is 42.5 Å². The first kappa shape index (κ1) is 23.7. The maximum atomic E-state index is 10.4. The van der Waals surface area contributed by atoms with Crippen LogP contribution in [0.1, 0.15) is 38.3 Å². The van der Waals surface area contributed by atoms with Gasteiger partial charge in [-0.15, -0.1) is 0 Å². The van der Waals surface area contributed by atoms with Crippen LogP contribution in [0.2, 0.25) is 0 Å². The summed E-state index contributed by atoms with van der Waals surface area (Å²) in [5, 5.41) is 40.2. The minimum Gasteiger partial charge on any atom is -0.497 e. The Labute approximate surface area is 178 Å². The predicted octanol–water partition coefficient (Wildman–Crippen LogP) is 4.60. The van der Waals surface area contributed by atoms with Crippen molar-refractivity contribution in [2.24, 2.45) is 5.92 Å². The molecule has 0 aliphatic carbocycles. The smallest absolute Gasteiger partial charge is 0.324 e. The van der Waals surface area contributed by atoms with E-state index >= 15 is 0 Å². The number of aromatic hydroxyl groups is 1. The fraction of sp³-hybridized carbons (Fsp3) is 0.400. The van der Waals surface area contributed by atoms with Crippen molar-refractivity contribution in [1.29, 1.82) is 0 Å². The van der Waals surface area contributed by atoms with Crippen LogP contribution in [0.4, 0.5) is 17.1 Å². The normalized spacial score (nSPS) is 14.5. The Kier molecular flexibility index (Phi) is 7.97. The van der Waals surface area contributed by atoms with Crippen molar-refractivity contribution < 1.29 is 19.9 Å². The number of hydrogen-bond donors (Lipinski definition) is 1. The van der Waals surface area contributed by atoms with E-state index in [1.54, 1.807) is 0 Å². The first-order valence-corrected chi connectivity index (χ1v) is 9.72. The lowest BCUT2D eigenvalue weighted by Crippen LogP contribution is -2.29. The molecular weight excluding hydrogens is 408 g/mol. The van der Waals surface area contributed by atoms with Gasteiger partial charge in [-0.1, -0.05) is 44.2 Å². The molecule has 11 heteroatoms. The average Bonchev–Trinajstić information content (AvgIpc) is 3.22. The van der Waals surface area contributed by atoms with Crippen molar-refractivity contribution in [2.75, 3.05) is 13.1 Å². The van der Waals surface area contributed by atoms with Crippen LogP contribution in [0.25, 0.3) is 0 Å². The standard InChI is InChI=1S/C14H21N.C6H3N3O7/c1-12(2)14(15-10-6-7-11-15)13-8-4-3-5-9-13;10-6-4(8(13)14)1-3(7(11)12)2-5(6)9(15)16/h3-5,8-9,12,14H,6-7,10-11H2,1-2H3;1-2,10H. The van der Waals surface area contributed by atoms with Crippen LogP contribution in [0.5, 0.6) is 5.75 Å². The van der Waals surface area contributed by atoms with Gasteiger partial charge in [0.05, 0.1) is 26.9 Å². The van der Waals surface area contributed by atoms with Crippen molar-refractivity contribution >= 4 is 17.1 Å². The Balaban J connectivity index is 0.000000220. The summed E-state index contributed by atoms with van der Waals surface area (Å²) >= 11 is 0. The maximum absolute atomic E-state index is 10.4. The van der Waals surface area contributed by atoms with Gasteiger partial charge in [-0.25, -0.2) is 0 Å². The number of nitrogens with zero attached hydrogens (tertiary/aromatic N) is 4. The zero-order valence-electron chi connectivity index (χ0n) is 17.2. The maximum Gasteiger partial charge on any atom is 0.324 e. The Bertz CT molecular complexity index is 909. The topological polar surface area (TPSA) is 153 Å². The molecule has 1 aliphatic heterocycles. The van der Waals surface area contributed by atoms with Crippen LogP contribution in [0.3, 0.4) is 0 Å². The Morgan fingerprint density at radius 2 is 1.35 bits per heavy atom. The van der Waals surface area contributed by atoms with E-state index in [9.17, 15) is 30.3 Å². The van der Waals surface area contributed by atoms with Gasteiger partial charge >= 0.3 is 11.4 Å². The zero-order chi connectivity index (χ0) is 23.1. The van der Waals surface area contributed by atoms with Gasteiger partial charge in [-0.2, -0.15) is 0 Å². The zero-order valence-corrected chi connectivity index (χ0v) is 17.2. The van der Waals surface area contributed by atoms with E-state index in [0.29, 0.717) is 24.1 Å². The summed E-state index contributed by atoms with van der Waals surface area (Å²) in [5.74, 6) is -0.508. The SMILES string of the molecule is CC(C)C(c1ccccc1)N1CCCC1.O=[N+]([O-])c1cc([N+](=O)[O-])c(O)c([N+](=O)[O-])c1. The van der Waals surface area contributed by atoms with Crippen LogP contribution < -0.4 is 0 Å². The monoisotopic (exact) mass is 432 g/mol. The molecule has 0 saturated carbocycles. The molecule has 166 valence electrons. The van der Waals surface area contributed by atoms with E-state index in [1.165, 1.54) is 31.5 Å². The lowest BCUT2D eigenvalue weighted by molar-refractivity contribution is -0.404. The lowest BCUT2D eigenvalue weighted by atomic mass is 9.95. The second-order valence-corrected chi connectivity index (χ2v) is 7.45. The van der Waals surface area contributed by atoms with Gasteiger partial charge in [-0.3, -0.25) is 35.2 Å². The Morgan fingerprint density at radius 3 is 1.74 bits per heavy atom. The number of nitro benzene ring substituents is 3. The highest BCUT2D eigenvalue weighted by molar-refractivity contribution is 5.64. The minimum atomic E-state index is -1.21. The fourth-order valence-corrected chi connectivity index (χ4v) is 3.66. The summed E-state index contributed by atoms with van der Waals surface area (Å²) < 4.78 is 0. The molecule has 2 aromatic rings. The Hall–Kier alpha value is -3.60. The van der Waals surface area contributed by atoms with Crippen molar-refractivity contribution in [3.05, 3.63) is 78.4 Å². The van der Waals surface area contributed by atoms with E-state index in [4.69, 9.17) is 5.11 Å². The van der Waals surface area contributed by atoms with Gasteiger partial charge in [-0.05, 0) is 37.4 Å². The van der Waals surface area contributed by atoms with Crippen molar-refractivity contribution in [1.82, 2.24) is 4.90 Å². The highest BCUT2D eigenvalue weighted by Gasteiger charge is 2.30. The quantitative estimate of drug-likeness (QED) is 0.513. The minimum absolute atomic E-state index is 0.447. The first-order chi connectivity index (χ1) is 14.6. The first-order valence-electron chi connectivity index (χ1n) is 9.72. The molecule has 1 heterocycles. The second kappa shape index (κ2) is 10.4. The van der Waals surface area contributed by atoms with Crippen LogP contribution in [-0.4, -0.2) is 37.9 Å². The third-order valence-corrected chi connectivity index (χ3v) is 4.97. The molecule has 0 radical (unpaired) electrons. The number of benzene rings is 2. The van der Waals surface area contributed by atoms with Crippen molar-refractivity contribution in [3.8, 4) is 5.75 Å². The van der Waals surface area contributed by atoms with E-state index in [0.717, 1.165) is 0 Å². The molecule has 1 atom stereocenters. The van der Waals surface area contributed by atoms with Gasteiger partial charge in [0.15, 0.2) is 0 Å². The predicted molar refractivity (Wildman–Crippen MR) is 113 cm³/mol. The summed E-state index contributed by atoms with van der Waals surface area (Å²) in [6.45, 7) is 7.21. The largest absolute Gasteiger partial charge is 0.497 e. The molecule has 1 unspecified atom stereocenters. The number of likely N-dealkylation sites (tertiary alicyclic amines) is 1. The van der Waals surface area contributed by atoms with E-state index < -0.39 is 37.6 Å². The number of hydrogen-bond acceptors (Lipinski definition) is 8. The highest BCUT2D eigenvalue weighted by Crippen LogP contribution is 2.39. The molecule has 1 saturated heterocycles. The number of nitro groups is 3. The molecule has 31 heavy (non-hydrogen) atoms. The fourth-order valence-electron chi connectivity index (χ4n) is 3.66. The molecule has 0 bridgehead atoms. The molecule has 1 aliphatic rings. The van der Waals surface area contributed by atoms with Gasteiger partial charge in [0.25, 0.3) is 11.4 Å². The van der Waals surface area contributed by atoms with E-state index in [-0.39, 0.29) is 0 Å². The average molecular weight is 432 g/mol. The number of phenols is 1. The van der Waals surface area contributed by atoms with Crippen molar-refractivity contribution in [2.45, 2.75) is 32.7 Å². The van der Waals surface area contributed by atoms with Crippen LogP contribution in [0, 0.1) is 36.3 Å². The molecule has 0 aromatic heterocycles. The molecule has 2 aromatic carbocycles. The summed E-state index contributed by atoms with van der Waals surface area (Å²) in [4.78, 5) is 30.4. The van der Waals surface area contributed by atoms with E-state index in [2.05, 4.69) is 49.1 Å². The number of non-ortho nitro benzene ring substituents is 1.